The highest BCUT2D eigenvalue weighted by Crippen LogP contribution is 2.39. The third kappa shape index (κ3) is 4.66. The Balaban J connectivity index is 1.60. The van der Waals surface area contributed by atoms with Gasteiger partial charge in [0.2, 0.25) is 5.91 Å². The molecule has 0 aliphatic rings. The number of benzene rings is 2. The lowest BCUT2D eigenvalue weighted by molar-refractivity contribution is -0.114. The maximum absolute atomic E-state index is 13.0. The first kappa shape index (κ1) is 22.0. The number of ketones is 1. The molecule has 1 atom stereocenters. The normalized spacial score (nSPS) is 11.8. The highest BCUT2D eigenvalue weighted by Gasteiger charge is 2.21. The van der Waals surface area contributed by atoms with Crippen molar-refractivity contribution in [2.24, 2.45) is 0 Å². The van der Waals surface area contributed by atoms with Crippen molar-refractivity contribution in [2.75, 3.05) is 12.4 Å². The van der Waals surface area contributed by atoms with Gasteiger partial charge in [-0.1, -0.05) is 23.9 Å². The van der Waals surface area contributed by atoms with Crippen LogP contribution in [0.15, 0.2) is 65.3 Å². The average Bonchev–Trinajstić information content (AvgIpc) is 3.24. The highest BCUT2D eigenvalue weighted by atomic mass is 32.2. The summed E-state index contributed by atoms with van der Waals surface area (Å²) in [7, 11) is 1.64. The van der Waals surface area contributed by atoms with E-state index in [4.69, 9.17) is 4.74 Å². The van der Waals surface area contributed by atoms with Crippen molar-refractivity contribution < 1.29 is 14.3 Å². The molecule has 0 bridgehead atoms. The van der Waals surface area contributed by atoms with E-state index < -0.39 is 0 Å². The third-order valence-electron chi connectivity index (χ3n) is 4.88. The minimum Gasteiger partial charge on any atom is -0.497 e. The van der Waals surface area contributed by atoms with Gasteiger partial charge in [-0.15, -0.1) is 11.3 Å². The fourth-order valence-electron chi connectivity index (χ4n) is 3.30. The van der Waals surface area contributed by atoms with Gasteiger partial charge < -0.3 is 10.1 Å². The average molecular weight is 464 g/mol. The number of hydrogen-bond donors (Lipinski definition) is 1. The molecule has 2 heterocycles. The van der Waals surface area contributed by atoms with E-state index >= 15 is 0 Å². The second-order valence-corrected chi connectivity index (χ2v) is 9.31. The summed E-state index contributed by atoms with van der Waals surface area (Å²) in [6, 6.07) is 14.8. The molecule has 0 saturated heterocycles. The molecule has 0 spiro atoms. The van der Waals surface area contributed by atoms with Crippen LogP contribution < -0.4 is 10.1 Å². The number of fused-ring (bicyclic) bond motifs is 1. The van der Waals surface area contributed by atoms with Crippen LogP contribution in [0.25, 0.3) is 21.3 Å². The van der Waals surface area contributed by atoms with E-state index in [2.05, 4.69) is 20.7 Å². The molecule has 2 aromatic heterocycles. The molecule has 0 saturated carbocycles. The predicted molar refractivity (Wildman–Crippen MR) is 130 cm³/mol. The summed E-state index contributed by atoms with van der Waals surface area (Å²) in [4.78, 5) is 34.0. The number of methoxy groups -OCH3 is 1. The summed E-state index contributed by atoms with van der Waals surface area (Å²) >= 11 is 2.98. The van der Waals surface area contributed by atoms with Crippen molar-refractivity contribution in [3.05, 3.63) is 65.8 Å². The molecule has 6 nitrogen and oxygen atoms in total. The molecule has 8 heteroatoms. The number of carbonyl (C=O) groups is 2. The second kappa shape index (κ2) is 9.50. The summed E-state index contributed by atoms with van der Waals surface area (Å²) < 4.78 is 5.26. The molecule has 4 rings (SSSR count). The van der Waals surface area contributed by atoms with Crippen molar-refractivity contribution >= 4 is 50.7 Å². The van der Waals surface area contributed by atoms with Crippen LogP contribution in [-0.4, -0.2) is 34.0 Å². The van der Waals surface area contributed by atoms with Gasteiger partial charge in [0.25, 0.3) is 0 Å². The number of hydrogen-bond acceptors (Lipinski definition) is 7. The maximum Gasteiger partial charge on any atom is 0.221 e. The van der Waals surface area contributed by atoms with Crippen LogP contribution in [0.4, 0.5) is 5.69 Å². The number of Topliss-reactive ketones (excluding diaryl/α,β-unsaturated/α-hetero) is 1. The molecule has 2 aromatic carbocycles. The van der Waals surface area contributed by atoms with Crippen LogP contribution in [0.1, 0.15) is 24.2 Å². The van der Waals surface area contributed by atoms with E-state index in [1.54, 1.807) is 49.0 Å². The van der Waals surface area contributed by atoms with E-state index in [0.717, 1.165) is 32.1 Å². The third-order valence-corrected chi connectivity index (χ3v) is 6.87. The zero-order chi connectivity index (χ0) is 22.7. The van der Waals surface area contributed by atoms with Crippen molar-refractivity contribution in [1.82, 2.24) is 9.97 Å². The topological polar surface area (TPSA) is 81.2 Å². The van der Waals surface area contributed by atoms with Crippen molar-refractivity contribution in [1.29, 1.82) is 0 Å². The minimum atomic E-state index is -0.344. The molecule has 0 aliphatic heterocycles. The fourth-order valence-corrected chi connectivity index (χ4v) is 5.29. The van der Waals surface area contributed by atoms with E-state index in [-0.39, 0.29) is 16.9 Å². The first-order chi connectivity index (χ1) is 15.5. The Hall–Kier alpha value is -3.23. The van der Waals surface area contributed by atoms with Gasteiger partial charge in [0.1, 0.15) is 21.9 Å². The lowest BCUT2D eigenvalue weighted by Gasteiger charge is -2.12. The van der Waals surface area contributed by atoms with E-state index in [0.29, 0.717) is 11.3 Å². The number of ether oxygens (including phenoxy) is 1. The van der Waals surface area contributed by atoms with Crippen LogP contribution in [0.3, 0.4) is 0 Å². The summed E-state index contributed by atoms with van der Waals surface area (Å²) in [6.45, 7) is 3.33. The van der Waals surface area contributed by atoms with E-state index in [1.807, 2.05) is 31.2 Å². The van der Waals surface area contributed by atoms with Gasteiger partial charge >= 0.3 is 0 Å². The monoisotopic (exact) mass is 463 g/mol. The largest absolute Gasteiger partial charge is 0.497 e. The van der Waals surface area contributed by atoms with Gasteiger partial charge in [-0.2, -0.15) is 0 Å². The lowest BCUT2D eigenvalue weighted by atomic mass is 10.1. The Morgan fingerprint density at radius 2 is 1.78 bits per heavy atom. The second-order valence-electron chi connectivity index (χ2n) is 7.12. The molecule has 4 aromatic rings. The van der Waals surface area contributed by atoms with E-state index in [1.165, 1.54) is 18.7 Å². The molecule has 162 valence electrons. The molecule has 32 heavy (non-hydrogen) atoms. The highest BCUT2D eigenvalue weighted by molar-refractivity contribution is 8.00. The van der Waals surface area contributed by atoms with Crippen molar-refractivity contribution in [3.8, 4) is 16.9 Å². The number of anilines is 1. The fraction of sp³-hybridized carbons (Fsp3) is 0.167. The molecule has 1 amide bonds. The van der Waals surface area contributed by atoms with Crippen LogP contribution in [0, 0.1) is 0 Å². The Labute approximate surface area is 194 Å². The van der Waals surface area contributed by atoms with Gasteiger partial charge in [0.05, 0.1) is 17.7 Å². The van der Waals surface area contributed by atoms with Crippen LogP contribution in [-0.2, 0) is 4.79 Å². The van der Waals surface area contributed by atoms with Crippen molar-refractivity contribution in [2.45, 2.75) is 24.1 Å². The Morgan fingerprint density at radius 1 is 1.06 bits per heavy atom. The number of nitrogens with zero attached hydrogens (tertiary/aromatic N) is 2. The molecule has 1 unspecified atom stereocenters. The zero-order valence-electron chi connectivity index (χ0n) is 17.8. The number of aromatic nitrogens is 2. The number of thiophene rings is 1. The standard InChI is InChI=1S/C24H21N3O3S2/c1-14(22(29)17-4-8-18(9-5-17)27-15(2)28)32-24-21-20(12-31-23(21)25-13-26-24)16-6-10-19(30-3)11-7-16/h4-14H,1-3H3,(H,27,28). The van der Waals surface area contributed by atoms with Crippen LogP contribution in [0.5, 0.6) is 5.75 Å². The summed E-state index contributed by atoms with van der Waals surface area (Å²) in [5.74, 6) is 0.643. The summed E-state index contributed by atoms with van der Waals surface area (Å²) in [6.07, 6.45) is 1.54. The Morgan fingerprint density at radius 3 is 2.44 bits per heavy atom. The quantitative estimate of drug-likeness (QED) is 0.215. The Bertz CT molecular complexity index is 1270. The molecular formula is C24H21N3O3S2. The molecular weight excluding hydrogens is 442 g/mol. The van der Waals surface area contributed by atoms with Gasteiger partial charge in [-0.05, 0) is 48.9 Å². The zero-order valence-corrected chi connectivity index (χ0v) is 19.4. The minimum absolute atomic E-state index is 0.00244. The smallest absolute Gasteiger partial charge is 0.221 e. The lowest BCUT2D eigenvalue weighted by Crippen LogP contribution is -2.14. The Kier molecular flexibility index (Phi) is 6.53. The number of nitrogens with one attached hydrogen (secondary N) is 1. The van der Waals surface area contributed by atoms with Crippen molar-refractivity contribution in [3.63, 3.8) is 0 Å². The van der Waals surface area contributed by atoms with Gasteiger partial charge in [0.15, 0.2) is 5.78 Å². The van der Waals surface area contributed by atoms with Gasteiger partial charge in [-0.25, -0.2) is 9.97 Å². The first-order valence-electron chi connectivity index (χ1n) is 9.91. The molecule has 0 fully saturated rings. The molecule has 0 radical (unpaired) electrons. The molecule has 1 N–H and O–H groups in total. The first-order valence-corrected chi connectivity index (χ1v) is 11.7. The number of rotatable bonds is 7. The summed E-state index contributed by atoms with van der Waals surface area (Å²) in [5.41, 5.74) is 3.33. The van der Waals surface area contributed by atoms with E-state index in [9.17, 15) is 9.59 Å². The number of carbonyl (C=O) groups excluding carboxylic acids is 2. The maximum atomic E-state index is 13.0. The van der Waals surface area contributed by atoms with Crippen LogP contribution >= 0.6 is 23.1 Å². The van der Waals surface area contributed by atoms with Crippen LogP contribution in [0.2, 0.25) is 0 Å². The number of thioether (sulfide) groups is 1. The predicted octanol–water partition coefficient (Wildman–Crippen LogP) is 5.69. The van der Waals surface area contributed by atoms with Gasteiger partial charge in [-0.3, -0.25) is 9.59 Å². The van der Waals surface area contributed by atoms with Gasteiger partial charge in [0, 0.05) is 29.1 Å². The SMILES string of the molecule is COc1ccc(-c2csc3ncnc(SC(C)C(=O)c4ccc(NC(C)=O)cc4)c23)cc1. The number of amides is 1. The molecule has 0 aliphatic carbocycles. The summed E-state index contributed by atoms with van der Waals surface area (Å²) in [5, 5.41) is 6.16.